The fourth-order valence-corrected chi connectivity index (χ4v) is 1.29. The molecular formula is C12H17N3O3. The van der Waals surface area contributed by atoms with Gasteiger partial charge in [0.15, 0.2) is 6.61 Å². The van der Waals surface area contributed by atoms with Crippen molar-refractivity contribution in [1.29, 1.82) is 0 Å². The molecule has 0 aromatic heterocycles. The van der Waals surface area contributed by atoms with E-state index >= 15 is 0 Å². The van der Waals surface area contributed by atoms with E-state index in [1.165, 1.54) is 12.1 Å². The molecule has 0 atom stereocenters. The number of hydrogen-bond acceptors (Lipinski definition) is 5. The van der Waals surface area contributed by atoms with Crippen LogP contribution in [0.15, 0.2) is 18.2 Å². The molecule has 0 aliphatic rings. The van der Waals surface area contributed by atoms with Crippen LogP contribution < -0.4 is 16.8 Å². The van der Waals surface area contributed by atoms with Crippen LogP contribution in [-0.4, -0.2) is 25.0 Å². The van der Waals surface area contributed by atoms with Crippen LogP contribution in [0.1, 0.15) is 23.7 Å². The molecule has 0 saturated heterocycles. The van der Waals surface area contributed by atoms with Crippen molar-refractivity contribution in [3.05, 3.63) is 23.8 Å². The molecule has 0 heterocycles. The number of carbonyl (C=O) groups excluding carboxylic acids is 2. The molecule has 6 nitrogen and oxygen atoms in total. The Bertz CT molecular complexity index is 446. The second-order valence-electron chi connectivity index (χ2n) is 3.77. The summed E-state index contributed by atoms with van der Waals surface area (Å²) in [6, 6.07) is 4.48. The highest BCUT2D eigenvalue weighted by molar-refractivity contribution is 5.96. The lowest BCUT2D eigenvalue weighted by Crippen LogP contribution is -2.29. The Hall–Kier alpha value is -2.24. The van der Waals surface area contributed by atoms with Gasteiger partial charge in [0.25, 0.3) is 5.91 Å². The number of amides is 1. The second kappa shape index (κ2) is 6.48. The average Bonchev–Trinajstić information content (AvgIpc) is 2.33. The molecule has 0 unspecified atom stereocenters. The van der Waals surface area contributed by atoms with Crippen molar-refractivity contribution in [3.8, 4) is 0 Å². The largest absolute Gasteiger partial charge is 0.452 e. The van der Waals surface area contributed by atoms with E-state index in [1.54, 1.807) is 6.07 Å². The first-order valence-electron chi connectivity index (χ1n) is 5.63. The van der Waals surface area contributed by atoms with Crippen LogP contribution in [0.4, 0.5) is 11.4 Å². The maximum Gasteiger partial charge on any atom is 0.340 e. The minimum Gasteiger partial charge on any atom is -0.452 e. The molecule has 6 heteroatoms. The Morgan fingerprint density at radius 3 is 2.67 bits per heavy atom. The molecule has 0 aliphatic carbocycles. The van der Waals surface area contributed by atoms with Crippen LogP contribution in [0.5, 0.6) is 0 Å². The Kier molecular flexibility index (Phi) is 4.98. The van der Waals surface area contributed by atoms with Gasteiger partial charge >= 0.3 is 5.97 Å². The fourth-order valence-electron chi connectivity index (χ4n) is 1.29. The molecule has 5 N–H and O–H groups in total. The van der Waals surface area contributed by atoms with Crippen molar-refractivity contribution < 1.29 is 14.3 Å². The number of carbonyl (C=O) groups is 2. The molecular weight excluding hydrogens is 234 g/mol. The Balaban J connectivity index is 2.53. The molecule has 0 saturated carbocycles. The number of nitrogens with one attached hydrogen (secondary N) is 1. The van der Waals surface area contributed by atoms with Gasteiger partial charge in [0, 0.05) is 17.9 Å². The normalized spacial score (nSPS) is 9.83. The zero-order valence-electron chi connectivity index (χ0n) is 10.2. The summed E-state index contributed by atoms with van der Waals surface area (Å²) >= 11 is 0. The summed E-state index contributed by atoms with van der Waals surface area (Å²) in [6.45, 7) is 2.17. The Morgan fingerprint density at radius 1 is 1.33 bits per heavy atom. The minimum absolute atomic E-state index is 0.201. The van der Waals surface area contributed by atoms with Crippen molar-refractivity contribution in [3.63, 3.8) is 0 Å². The molecule has 1 rings (SSSR count). The van der Waals surface area contributed by atoms with Gasteiger partial charge in [-0.15, -0.1) is 0 Å². The molecule has 0 spiro atoms. The standard InChI is InChI=1S/C12H17N3O3/c1-2-5-15-11(16)7-18-12(17)9-4-3-8(13)6-10(9)14/h3-4,6H,2,5,7,13-14H2,1H3,(H,15,16). The minimum atomic E-state index is -0.640. The third-order valence-electron chi connectivity index (χ3n) is 2.20. The van der Waals surface area contributed by atoms with Crippen LogP contribution in [-0.2, 0) is 9.53 Å². The second-order valence-corrected chi connectivity index (χ2v) is 3.77. The smallest absolute Gasteiger partial charge is 0.340 e. The topological polar surface area (TPSA) is 107 Å². The van der Waals surface area contributed by atoms with Gasteiger partial charge in [0.2, 0.25) is 0 Å². The predicted molar refractivity (Wildman–Crippen MR) is 68.9 cm³/mol. The zero-order chi connectivity index (χ0) is 13.5. The summed E-state index contributed by atoms with van der Waals surface area (Å²) in [7, 11) is 0. The van der Waals surface area contributed by atoms with E-state index in [1.807, 2.05) is 6.92 Å². The van der Waals surface area contributed by atoms with E-state index < -0.39 is 5.97 Å². The van der Waals surface area contributed by atoms with E-state index in [4.69, 9.17) is 16.2 Å². The van der Waals surface area contributed by atoms with Gasteiger partial charge in [0.05, 0.1) is 5.56 Å². The lowest BCUT2D eigenvalue weighted by atomic mass is 10.1. The maximum atomic E-state index is 11.6. The molecule has 1 aromatic rings. The average molecular weight is 251 g/mol. The first-order chi connectivity index (χ1) is 8.54. The third-order valence-corrected chi connectivity index (χ3v) is 2.20. The van der Waals surface area contributed by atoms with Crippen LogP contribution in [0.3, 0.4) is 0 Å². The molecule has 0 aliphatic heterocycles. The summed E-state index contributed by atoms with van der Waals surface area (Å²) in [6.07, 6.45) is 0.824. The summed E-state index contributed by atoms with van der Waals surface area (Å²) in [5.41, 5.74) is 12.0. The first kappa shape index (κ1) is 13.8. The van der Waals surface area contributed by atoms with E-state index in [0.29, 0.717) is 12.2 Å². The predicted octanol–water partition coefficient (Wildman–Crippen LogP) is 0.534. The Labute approximate surface area is 105 Å². The van der Waals surface area contributed by atoms with E-state index in [-0.39, 0.29) is 23.8 Å². The number of nitrogen functional groups attached to an aromatic ring is 2. The van der Waals surface area contributed by atoms with Crippen LogP contribution in [0.2, 0.25) is 0 Å². The summed E-state index contributed by atoms with van der Waals surface area (Å²) in [5, 5.41) is 2.60. The zero-order valence-corrected chi connectivity index (χ0v) is 10.2. The number of esters is 1. The van der Waals surface area contributed by atoms with Gasteiger partial charge in [0.1, 0.15) is 0 Å². The van der Waals surface area contributed by atoms with E-state index in [2.05, 4.69) is 5.32 Å². The molecule has 0 bridgehead atoms. The highest BCUT2D eigenvalue weighted by Crippen LogP contribution is 2.16. The third kappa shape index (κ3) is 3.97. The molecule has 1 aromatic carbocycles. The number of hydrogen-bond donors (Lipinski definition) is 3. The molecule has 18 heavy (non-hydrogen) atoms. The van der Waals surface area contributed by atoms with Crippen molar-refractivity contribution in [2.24, 2.45) is 0 Å². The van der Waals surface area contributed by atoms with Gasteiger partial charge in [-0.05, 0) is 24.6 Å². The summed E-state index contributed by atoms with van der Waals surface area (Å²) in [4.78, 5) is 22.9. The van der Waals surface area contributed by atoms with Gasteiger partial charge in [-0.1, -0.05) is 6.92 Å². The van der Waals surface area contributed by atoms with Crippen molar-refractivity contribution in [2.45, 2.75) is 13.3 Å². The van der Waals surface area contributed by atoms with Crippen LogP contribution in [0, 0.1) is 0 Å². The lowest BCUT2D eigenvalue weighted by molar-refractivity contribution is -0.124. The van der Waals surface area contributed by atoms with Gasteiger partial charge in [-0.25, -0.2) is 4.79 Å². The number of nitrogens with two attached hydrogens (primary N) is 2. The van der Waals surface area contributed by atoms with Gasteiger partial charge in [-0.3, -0.25) is 4.79 Å². The number of ether oxygens (including phenoxy) is 1. The van der Waals surface area contributed by atoms with E-state index in [0.717, 1.165) is 6.42 Å². The van der Waals surface area contributed by atoms with Crippen LogP contribution >= 0.6 is 0 Å². The monoisotopic (exact) mass is 251 g/mol. The molecule has 0 radical (unpaired) electrons. The lowest BCUT2D eigenvalue weighted by Gasteiger charge is -2.07. The highest BCUT2D eigenvalue weighted by atomic mass is 16.5. The van der Waals surface area contributed by atoms with Crippen molar-refractivity contribution in [2.75, 3.05) is 24.6 Å². The Morgan fingerprint density at radius 2 is 2.06 bits per heavy atom. The highest BCUT2D eigenvalue weighted by Gasteiger charge is 2.12. The maximum absolute atomic E-state index is 11.6. The quantitative estimate of drug-likeness (QED) is 0.522. The number of anilines is 2. The van der Waals surface area contributed by atoms with Crippen LogP contribution in [0.25, 0.3) is 0 Å². The van der Waals surface area contributed by atoms with Gasteiger partial charge in [-0.2, -0.15) is 0 Å². The fraction of sp³-hybridized carbons (Fsp3) is 0.333. The summed E-state index contributed by atoms with van der Waals surface area (Å²) in [5.74, 6) is -0.974. The van der Waals surface area contributed by atoms with Crippen molar-refractivity contribution in [1.82, 2.24) is 5.32 Å². The number of benzene rings is 1. The molecule has 98 valence electrons. The molecule has 0 fully saturated rings. The van der Waals surface area contributed by atoms with E-state index in [9.17, 15) is 9.59 Å². The molecule has 1 amide bonds. The summed E-state index contributed by atoms with van der Waals surface area (Å²) < 4.78 is 4.84. The van der Waals surface area contributed by atoms with Gasteiger partial charge < -0.3 is 21.5 Å². The SMILES string of the molecule is CCCNC(=O)COC(=O)c1ccc(N)cc1N. The van der Waals surface area contributed by atoms with Crippen molar-refractivity contribution >= 4 is 23.3 Å². The first-order valence-corrected chi connectivity index (χ1v) is 5.63. The number of rotatable bonds is 5.